The Labute approximate surface area is 161 Å². The van der Waals surface area contributed by atoms with Crippen molar-refractivity contribution in [2.45, 2.75) is 52.0 Å². The summed E-state index contributed by atoms with van der Waals surface area (Å²) in [4.78, 5) is 6.61. The van der Waals surface area contributed by atoms with E-state index in [1.807, 2.05) is 28.8 Å². The second-order valence-corrected chi connectivity index (χ2v) is 9.97. The molecule has 2 atom stereocenters. The lowest BCUT2D eigenvalue weighted by atomic mass is 10.0. The molecule has 1 saturated heterocycles. The van der Waals surface area contributed by atoms with Crippen molar-refractivity contribution >= 4 is 21.1 Å². The van der Waals surface area contributed by atoms with Crippen LogP contribution in [0.2, 0.25) is 0 Å². The minimum atomic E-state index is -3.38. The number of hydrogen-bond acceptors (Lipinski definition) is 5. The molecule has 0 spiro atoms. The summed E-state index contributed by atoms with van der Waals surface area (Å²) in [7, 11) is -3.38. The predicted molar refractivity (Wildman–Crippen MR) is 107 cm³/mol. The fourth-order valence-corrected chi connectivity index (χ4v) is 4.70. The van der Waals surface area contributed by atoms with Crippen molar-refractivity contribution in [3.63, 3.8) is 0 Å². The van der Waals surface area contributed by atoms with Crippen LogP contribution in [0, 0.1) is 0 Å². The Morgan fingerprint density at radius 2 is 1.89 bits per heavy atom. The van der Waals surface area contributed by atoms with Crippen LogP contribution < -0.4 is 4.72 Å². The standard InChI is InChI=1S/C19H30N4O3S/c1-15-11-23(12-16(2)26-15)19(3,4)13-21-27(24,25)10-9-22-14-20-17-7-5-6-8-18(17)22/h5-8,14-16,21H,9-13H2,1-4H3. The Morgan fingerprint density at radius 3 is 2.59 bits per heavy atom. The van der Waals surface area contributed by atoms with Crippen LogP contribution in [0.3, 0.4) is 0 Å². The molecule has 1 aromatic carbocycles. The maximum atomic E-state index is 12.5. The summed E-state index contributed by atoms with van der Waals surface area (Å²) in [5.74, 6) is 0.0271. The maximum Gasteiger partial charge on any atom is 0.213 e. The Balaban J connectivity index is 1.57. The topological polar surface area (TPSA) is 76.5 Å². The molecule has 1 aliphatic heterocycles. The quantitative estimate of drug-likeness (QED) is 0.776. The highest BCUT2D eigenvalue weighted by Gasteiger charge is 2.33. The van der Waals surface area contributed by atoms with Gasteiger partial charge in [0, 0.05) is 31.7 Å². The number of aromatic nitrogens is 2. The number of para-hydroxylation sites is 2. The molecule has 1 fully saturated rings. The van der Waals surface area contributed by atoms with E-state index in [2.05, 4.69) is 42.3 Å². The van der Waals surface area contributed by atoms with Gasteiger partial charge in [-0.25, -0.2) is 18.1 Å². The third kappa shape index (κ3) is 5.07. The smallest absolute Gasteiger partial charge is 0.213 e. The summed E-state index contributed by atoms with van der Waals surface area (Å²) < 4.78 is 35.5. The molecule has 3 rings (SSSR count). The van der Waals surface area contributed by atoms with Crippen LogP contribution >= 0.6 is 0 Å². The first kappa shape index (κ1) is 20.3. The fourth-order valence-electron chi connectivity index (χ4n) is 3.55. The lowest BCUT2D eigenvalue weighted by molar-refractivity contribution is -0.0945. The van der Waals surface area contributed by atoms with Gasteiger partial charge in [-0.2, -0.15) is 0 Å². The van der Waals surface area contributed by atoms with Gasteiger partial charge in [-0.1, -0.05) is 12.1 Å². The highest BCUT2D eigenvalue weighted by molar-refractivity contribution is 7.89. The van der Waals surface area contributed by atoms with E-state index >= 15 is 0 Å². The summed E-state index contributed by atoms with van der Waals surface area (Å²) in [6, 6.07) is 7.73. The van der Waals surface area contributed by atoms with Gasteiger partial charge in [0.1, 0.15) is 0 Å². The van der Waals surface area contributed by atoms with Gasteiger partial charge in [0.2, 0.25) is 10.0 Å². The molecule has 0 radical (unpaired) electrons. The molecule has 0 bridgehead atoms. The Bertz CT molecular complexity index is 868. The molecular formula is C19H30N4O3S. The molecule has 0 aliphatic carbocycles. The molecule has 7 nitrogen and oxygen atoms in total. The van der Waals surface area contributed by atoms with Crippen molar-refractivity contribution in [2.75, 3.05) is 25.4 Å². The van der Waals surface area contributed by atoms with Gasteiger partial charge in [-0.3, -0.25) is 4.90 Å². The fraction of sp³-hybridized carbons (Fsp3) is 0.632. The normalized spacial score (nSPS) is 22.4. The number of rotatable bonds is 7. The zero-order valence-corrected chi connectivity index (χ0v) is 17.4. The number of hydrogen-bond donors (Lipinski definition) is 1. The number of aryl methyl sites for hydroxylation is 1. The predicted octanol–water partition coefficient (Wildman–Crippen LogP) is 1.84. The van der Waals surface area contributed by atoms with E-state index in [9.17, 15) is 8.42 Å². The molecule has 2 unspecified atom stereocenters. The molecule has 0 saturated carbocycles. The molecule has 1 aliphatic rings. The third-order valence-electron chi connectivity index (χ3n) is 5.13. The van der Waals surface area contributed by atoms with E-state index in [-0.39, 0.29) is 23.5 Å². The van der Waals surface area contributed by atoms with Crippen LogP contribution in [0.1, 0.15) is 27.7 Å². The van der Waals surface area contributed by atoms with Crippen LogP contribution in [-0.2, 0) is 21.3 Å². The third-order valence-corrected chi connectivity index (χ3v) is 6.43. The van der Waals surface area contributed by atoms with Gasteiger partial charge in [-0.15, -0.1) is 0 Å². The molecule has 2 heterocycles. The number of ether oxygens (including phenoxy) is 1. The van der Waals surface area contributed by atoms with E-state index < -0.39 is 10.0 Å². The minimum Gasteiger partial charge on any atom is -0.373 e. The highest BCUT2D eigenvalue weighted by Crippen LogP contribution is 2.21. The van der Waals surface area contributed by atoms with Gasteiger partial charge in [-0.05, 0) is 39.8 Å². The number of morpholine rings is 1. The Morgan fingerprint density at radius 1 is 1.22 bits per heavy atom. The second-order valence-electron chi connectivity index (χ2n) is 8.04. The molecule has 1 N–H and O–H groups in total. The lowest BCUT2D eigenvalue weighted by Crippen LogP contribution is -2.58. The molecule has 27 heavy (non-hydrogen) atoms. The summed E-state index contributed by atoms with van der Waals surface area (Å²) in [5, 5.41) is 0. The van der Waals surface area contributed by atoms with E-state index in [0.717, 1.165) is 24.1 Å². The van der Waals surface area contributed by atoms with Crippen LogP contribution in [0.5, 0.6) is 0 Å². The first-order valence-corrected chi connectivity index (χ1v) is 11.1. The van der Waals surface area contributed by atoms with Crippen molar-refractivity contribution in [1.29, 1.82) is 0 Å². The average molecular weight is 395 g/mol. The van der Waals surface area contributed by atoms with Crippen LogP contribution in [0.25, 0.3) is 11.0 Å². The summed E-state index contributed by atoms with van der Waals surface area (Å²) in [5.41, 5.74) is 1.55. The molecule has 8 heteroatoms. The summed E-state index contributed by atoms with van der Waals surface area (Å²) >= 11 is 0. The van der Waals surface area contributed by atoms with Crippen molar-refractivity contribution in [3.8, 4) is 0 Å². The number of nitrogens with one attached hydrogen (secondary N) is 1. The Kier molecular flexibility index (Phi) is 5.90. The molecular weight excluding hydrogens is 364 g/mol. The number of imidazole rings is 1. The van der Waals surface area contributed by atoms with Gasteiger partial charge in [0.05, 0.1) is 35.3 Å². The zero-order valence-electron chi connectivity index (χ0n) is 16.6. The summed E-state index contributed by atoms with van der Waals surface area (Å²) in [6.07, 6.45) is 2.00. The van der Waals surface area contributed by atoms with E-state index in [1.165, 1.54) is 0 Å². The number of benzene rings is 1. The van der Waals surface area contributed by atoms with Crippen molar-refractivity contribution in [1.82, 2.24) is 19.2 Å². The molecule has 1 aromatic heterocycles. The van der Waals surface area contributed by atoms with Crippen LogP contribution in [0.4, 0.5) is 0 Å². The van der Waals surface area contributed by atoms with Crippen LogP contribution in [-0.4, -0.2) is 66.0 Å². The van der Waals surface area contributed by atoms with Crippen LogP contribution in [0.15, 0.2) is 30.6 Å². The zero-order chi connectivity index (χ0) is 19.7. The summed E-state index contributed by atoms with van der Waals surface area (Å²) in [6.45, 7) is 10.6. The first-order valence-electron chi connectivity index (χ1n) is 9.44. The average Bonchev–Trinajstić information content (AvgIpc) is 3.01. The maximum absolute atomic E-state index is 12.5. The van der Waals surface area contributed by atoms with Gasteiger partial charge in [0.25, 0.3) is 0 Å². The van der Waals surface area contributed by atoms with Crippen molar-refractivity contribution in [2.24, 2.45) is 0 Å². The van der Waals surface area contributed by atoms with E-state index in [4.69, 9.17) is 4.74 Å². The highest BCUT2D eigenvalue weighted by atomic mass is 32.2. The van der Waals surface area contributed by atoms with Gasteiger partial charge in [0.15, 0.2) is 0 Å². The lowest BCUT2D eigenvalue weighted by Gasteiger charge is -2.45. The first-order chi connectivity index (χ1) is 12.7. The van der Waals surface area contributed by atoms with Gasteiger partial charge < -0.3 is 9.30 Å². The molecule has 2 aromatic rings. The second kappa shape index (κ2) is 7.87. The number of fused-ring (bicyclic) bond motifs is 1. The van der Waals surface area contributed by atoms with Gasteiger partial charge >= 0.3 is 0 Å². The SMILES string of the molecule is CC1CN(C(C)(C)CNS(=O)(=O)CCn2cnc3ccccc32)CC(C)O1. The van der Waals surface area contributed by atoms with E-state index in [1.54, 1.807) is 6.33 Å². The molecule has 150 valence electrons. The minimum absolute atomic E-state index is 0.0271. The van der Waals surface area contributed by atoms with Crippen molar-refractivity contribution in [3.05, 3.63) is 30.6 Å². The molecule has 0 amide bonds. The number of sulfonamides is 1. The monoisotopic (exact) mass is 394 g/mol. The van der Waals surface area contributed by atoms with E-state index in [0.29, 0.717) is 13.1 Å². The van der Waals surface area contributed by atoms with Crippen molar-refractivity contribution < 1.29 is 13.2 Å². The number of nitrogens with zero attached hydrogens (tertiary/aromatic N) is 3. The largest absolute Gasteiger partial charge is 0.373 e. The Hall–Kier alpha value is -1.48.